The van der Waals surface area contributed by atoms with E-state index in [1.807, 2.05) is 104 Å². The number of para-hydroxylation sites is 2. The zero-order chi connectivity index (χ0) is 22.6. The molecule has 0 unspecified atom stereocenters. The predicted molar refractivity (Wildman–Crippen MR) is 133 cm³/mol. The lowest BCUT2D eigenvalue weighted by atomic mass is 10.2. The highest BCUT2D eigenvalue weighted by Gasteiger charge is 2.20. The summed E-state index contributed by atoms with van der Waals surface area (Å²) >= 11 is 1.62. The Morgan fingerprint density at radius 2 is 1.61 bits per heavy atom. The smallest absolute Gasteiger partial charge is 0.259 e. The Bertz CT molecular complexity index is 1390. The minimum atomic E-state index is -0.227. The van der Waals surface area contributed by atoms with Crippen LogP contribution in [0.3, 0.4) is 0 Å². The number of benzene rings is 3. The van der Waals surface area contributed by atoms with E-state index in [1.54, 1.807) is 22.2 Å². The van der Waals surface area contributed by atoms with Crippen LogP contribution in [0.15, 0.2) is 103 Å². The molecule has 5 aromatic rings. The monoisotopic (exact) mass is 451 g/mol. The van der Waals surface area contributed by atoms with Crippen LogP contribution in [-0.4, -0.2) is 15.7 Å². The summed E-state index contributed by atoms with van der Waals surface area (Å²) in [6, 6.07) is 30.7. The van der Waals surface area contributed by atoms with Gasteiger partial charge in [-0.1, -0.05) is 42.5 Å². The van der Waals surface area contributed by atoms with Crippen molar-refractivity contribution in [3.63, 3.8) is 0 Å². The molecule has 6 heteroatoms. The molecule has 162 valence electrons. The van der Waals surface area contributed by atoms with Crippen LogP contribution in [0, 0.1) is 6.92 Å². The Kier molecular flexibility index (Phi) is 5.74. The Balaban J connectivity index is 1.44. The molecule has 2 aromatic heterocycles. The summed E-state index contributed by atoms with van der Waals surface area (Å²) in [5, 5.41) is 7.74. The Labute approximate surface area is 195 Å². The van der Waals surface area contributed by atoms with Gasteiger partial charge < -0.3 is 10.1 Å². The second kappa shape index (κ2) is 9.14. The number of anilines is 1. The number of rotatable bonds is 6. The van der Waals surface area contributed by atoms with E-state index >= 15 is 0 Å². The topological polar surface area (TPSA) is 56.2 Å². The van der Waals surface area contributed by atoms with Crippen molar-refractivity contribution in [2.75, 3.05) is 5.32 Å². The van der Waals surface area contributed by atoms with Crippen LogP contribution < -0.4 is 10.1 Å². The third-order valence-electron chi connectivity index (χ3n) is 5.02. The van der Waals surface area contributed by atoms with E-state index in [4.69, 9.17) is 9.84 Å². The third kappa shape index (κ3) is 4.71. The first kappa shape index (κ1) is 20.7. The van der Waals surface area contributed by atoms with Gasteiger partial charge in [-0.2, -0.15) is 5.10 Å². The van der Waals surface area contributed by atoms with Gasteiger partial charge in [0.2, 0.25) is 0 Å². The summed E-state index contributed by atoms with van der Waals surface area (Å²) in [5.74, 6) is 1.16. The quantitative estimate of drug-likeness (QED) is 0.304. The van der Waals surface area contributed by atoms with Crippen molar-refractivity contribution in [3.05, 3.63) is 114 Å². The molecule has 0 radical (unpaired) electrons. The number of amides is 1. The van der Waals surface area contributed by atoms with Crippen LogP contribution >= 0.6 is 11.3 Å². The molecule has 5 rings (SSSR count). The summed E-state index contributed by atoms with van der Waals surface area (Å²) < 4.78 is 7.64. The van der Waals surface area contributed by atoms with Gasteiger partial charge in [-0.3, -0.25) is 4.79 Å². The standard InChI is InChI=1S/C27H21N3O2S/c1-19-15-16-25(33-19)26-24(18-30(29-26)21-10-4-2-5-11-21)27(31)28-20-9-8-14-23(17-20)32-22-12-6-3-7-13-22/h2-18H,1H3,(H,28,31). The van der Waals surface area contributed by atoms with Gasteiger partial charge in [0, 0.05) is 22.8 Å². The van der Waals surface area contributed by atoms with E-state index in [9.17, 15) is 4.79 Å². The maximum absolute atomic E-state index is 13.3. The molecule has 1 N–H and O–H groups in total. The van der Waals surface area contributed by atoms with Gasteiger partial charge in [-0.25, -0.2) is 4.68 Å². The molecular formula is C27H21N3O2S. The lowest BCUT2D eigenvalue weighted by Gasteiger charge is -2.09. The van der Waals surface area contributed by atoms with Crippen LogP contribution in [0.5, 0.6) is 11.5 Å². The van der Waals surface area contributed by atoms with Crippen LogP contribution in [0.2, 0.25) is 0 Å². The number of carbonyl (C=O) groups excluding carboxylic acids is 1. The van der Waals surface area contributed by atoms with Gasteiger partial charge >= 0.3 is 0 Å². The molecule has 0 bridgehead atoms. The van der Waals surface area contributed by atoms with Gasteiger partial charge in [0.1, 0.15) is 17.2 Å². The molecule has 2 heterocycles. The van der Waals surface area contributed by atoms with E-state index < -0.39 is 0 Å². The minimum absolute atomic E-state index is 0.227. The zero-order valence-corrected chi connectivity index (χ0v) is 18.8. The first-order valence-electron chi connectivity index (χ1n) is 10.5. The Hall–Kier alpha value is -4.16. The molecular weight excluding hydrogens is 430 g/mol. The van der Waals surface area contributed by atoms with Gasteiger partial charge in [-0.05, 0) is 55.5 Å². The second-order valence-corrected chi connectivity index (χ2v) is 8.77. The average molecular weight is 452 g/mol. The Morgan fingerprint density at radius 1 is 0.879 bits per heavy atom. The highest BCUT2D eigenvalue weighted by Crippen LogP contribution is 2.31. The number of nitrogens with zero attached hydrogens (tertiary/aromatic N) is 2. The van der Waals surface area contributed by atoms with Crippen molar-refractivity contribution in [3.8, 4) is 27.8 Å². The SMILES string of the molecule is Cc1ccc(-c2nn(-c3ccccc3)cc2C(=O)Nc2cccc(Oc3ccccc3)c2)s1. The first-order chi connectivity index (χ1) is 16.2. The fourth-order valence-electron chi connectivity index (χ4n) is 3.46. The van der Waals surface area contributed by atoms with E-state index in [0.717, 1.165) is 21.2 Å². The number of carbonyl (C=O) groups is 1. The summed E-state index contributed by atoms with van der Waals surface area (Å²) in [7, 11) is 0. The maximum Gasteiger partial charge on any atom is 0.259 e. The Morgan fingerprint density at radius 3 is 2.33 bits per heavy atom. The summed E-state index contributed by atoms with van der Waals surface area (Å²) in [6.45, 7) is 2.04. The van der Waals surface area contributed by atoms with Crippen molar-refractivity contribution in [1.82, 2.24) is 9.78 Å². The van der Waals surface area contributed by atoms with Crippen LogP contribution in [0.1, 0.15) is 15.2 Å². The van der Waals surface area contributed by atoms with Gasteiger partial charge in [0.25, 0.3) is 5.91 Å². The molecule has 3 aromatic carbocycles. The van der Waals surface area contributed by atoms with Crippen molar-refractivity contribution in [1.29, 1.82) is 0 Å². The first-order valence-corrected chi connectivity index (χ1v) is 11.3. The van der Waals surface area contributed by atoms with Crippen molar-refractivity contribution in [2.45, 2.75) is 6.92 Å². The number of ether oxygens (including phenoxy) is 1. The van der Waals surface area contributed by atoms with Crippen molar-refractivity contribution in [2.24, 2.45) is 0 Å². The number of aromatic nitrogens is 2. The molecule has 0 saturated carbocycles. The van der Waals surface area contributed by atoms with Crippen molar-refractivity contribution >= 4 is 22.9 Å². The van der Waals surface area contributed by atoms with Crippen LogP contribution in [0.4, 0.5) is 5.69 Å². The van der Waals surface area contributed by atoms with Crippen LogP contribution in [0.25, 0.3) is 16.3 Å². The number of nitrogens with one attached hydrogen (secondary N) is 1. The number of thiophene rings is 1. The molecule has 0 aliphatic carbocycles. The number of hydrogen-bond donors (Lipinski definition) is 1. The van der Waals surface area contributed by atoms with E-state index in [-0.39, 0.29) is 5.91 Å². The highest BCUT2D eigenvalue weighted by molar-refractivity contribution is 7.15. The minimum Gasteiger partial charge on any atom is -0.457 e. The highest BCUT2D eigenvalue weighted by atomic mass is 32.1. The second-order valence-electron chi connectivity index (χ2n) is 7.48. The molecule has 1 amide bonds. The van der Waals surface area contributed by atoms with E-state index in [2.05, 4.69) is 5.32 Å². The lowest BCUT2D eigenvalue weighted by molar-refractivity contribution is 0.102. The molecule has 0 fully saturated rings. The average Bonchev–Trinajstić information content (AvgIpc) is 3.47. The number of hydrogen-bond acceptors (Lipinski definition) is 4. The fourth-order valence-corrected chi connectivity index (χ4v) is 4.32. The molecule has 0 aliphatic rings. The largest absolute Gasteiger partial charge is 0.457 e. The van der Waals surface area contributed by atoms with E-state index in [0.29, 0.717) is 22.7 Å². The van der Waals surface area contributed by atoms with Gasteiger partial charge in [0.15, 0.2) is 0 Å². The van der Waals surface area contributed by atoms with Gasteiger partial charge in [0.05, 0.1) is 16.1 Å². The van der Waals surface area contributed by atoms with Crippen LogP contribution in [-0.2, 0) is 0 Å². The van der Waals surface area contributed by atoms with E-state index in [1.165, 1.54) is 0 Å². The lowest BCUT2D eigenvalue weighted by Crippen LogP contribution is -2.12. The molecule has 0 spiro atoms. The predicted octanol–water partition coefficient (Wildman–Crippen LogP) is 6.95. The number of aryl methyl sites for hydroxylation is 1. The summed E-state index contributed by atoms with van der Waals surface area (Å²) in [4.78, 5) is 15.4. The normalized spacial score (nSPS) is 10.7. The summed E-state index contributed by atoms with van der Waals surface area (Å²) in [6.07, 6.45) is 1.78. The molecule has 5 nitrogen and oxygen atoms in total. The maximum atomic E-state index is 13.3. The fraction of sp³-hybridized carbons (Fsp3) is 0.0370. The molecule has 0 saturated heterocycles. The third-order valence-corrected chi connectivity index (χ3v) is 6.03. The molecule has 33 heavy (non-hydrogen) atoms. The zero-order valence-electron chi connectivity index (χ0n) is 17.9. The molecule has 0 aliphatic heterocycles. The van der Waals surface area contributed by atoms with Crippen molar-refractivity contribution < 1.29 is 9.53 Å². The molecule has 0 atom stereocenters. The summed E-state index contributed by atoms with van der Waals surface area (Å²) in [5.41, 5.74) is 2.71. The van der Waals surface area contributed by atoms with Gasteiger partial charge in [-0.15, -0.1) is 11.3 Å².